The van der Waals surface area contributed by atoms with Gasteiger partial charge in [-0.2, -0.15) is 0 Å². The fourth-order valence-corrected chi connectivity index (χ4v) is 1.31. The van der Waals surface area contributed by atoms with Gasteiger partial charge >= 0.3 is 5.97 Å². The van der Waals surface area contributed by atoms with E-state index in [1.807, 2.05) is 0 Å². The summed E-state index contributed by atoms with van der Waals surface area (Å²) in [5.41, 5.74) is 13.5. The highest BCUT2D eigenvalue weighted by Crippen LogP contribution is 2.26. The number of carbonyl (C=O) groups excluding carboxylic acids is 1. The molecule has 110 valence electrons. The number of nitrogens with two attached hydrogens (primary N) is 4. The molecular formula is C8H17N5O6. The first-order valence-electron chi connectivity index (χ1n) is 4.96. The van der Waals surface area contributed by atoms with Crippen LogP contribution in [0.3, 0.4) is 0 Å². The van der Waals surface area contributed by atoms with Crippen molar-refractivity contribution in [1.29, 1.82) is 0 Å². The molecule has 0 rings (SSSR count). The molecule has 0 aliphatic rings. The van der Waals surface area contributed by atoms with E-state index in [4.69, 9.17) is 28.0 Å². The van der Waals surface area contributed by atoms with E-state index in [0.29, 0.717) is 0 Å². The van der Waals surface area contributed by atoms with Gasteiger partial charge in [-0.1, -0.05) is 0 Å². The SMILES string of the molecule is NC(=O)C(O)C(O)(CCN=C(N)N)[C@@](N)(O)C(=O)O. The highest BCUT2D eigenvalue weighted by atomic mass is 16.4. The molecule has 0 aromatic heterocycles. The van der Waals surface area contributed by atoms with E-state index in [0.717, 1.165) is 0 Å². The van der Waals surface area contributed by atoms with E-state index in [1.54, 1.807) is 0 Å². The minimum Gasteiger partial charge on any atom is -0.478 e. The van der Waals surface area contributed by atoms with Crippen molar-refractivity contribution < 1.29 is 30.0 Å². The third-order valence-corrected chi connectivity index (χ3v) is 2.50. The number of aliphatic hydroxyl groups is 3. The Kier molecular flexibility index (Phi) is 5.20. The summed E-state index contributed by atoms with van der Waals surface area (Å²) in [6.07, 6.45) is -3.17. The number of guanidine groups is 1. The number of hydrogen-bond donors (Lipinski definition) is 8. The molecule has 0 saturated carbocycles. The Morgan fingerprint density at radius 2 is 1.68 bits per heavy atom. The first kappa shape index (κ1) is 17.1. The van der Waals surface area contributed by atoms with E-state index < -0.39 is 42.3 Å². The number of rotatable bonds is 7. The van der Waals surface area contributed by atoms with Gasteiger partial charge in [0.05, 0.1) is 0 Å². The maximum Gasteiger partial charge on any atom is 0.354 e. The smallest absolute Gasteiger partial charge is 0.354 e. The standard InChI is InChI=1S/C8H17N5O6/c9-4(15)3(14)7(18,1-2-13-6(10)11)8(12,19)5(16)17/h3,14,18-19H,1-2,12H2,(H2,9,15)(H,16,17)(H4,10,11,13)/t3?,7?,8-/m0/s1. The number of hydrogen-bond acceptors (Lipinski definition) is 7. The Labute approximate surface area is 107 Å². The second-order valence-electron chi connectivity index (χ2n) is 3.86. The molecule has 0 radical (unpaired) electrons. The van der Waals surface area contributed by atoms with E-state index in [1.165, 1.54) is 0 Å². The third-order valence-electron chi connectivity index (χ3n) is 2.50. The molecule has 0 saturated heterocycles. The van der Waals surface area contributed by atoms with Gasteiger partial charge in [-0.05, 0) is 0 Å². The fraction of sp³-hybridized carbons (Fsp3) is 0.625. The number of carboxylic acid groups (broad SMARTS) is 1. The van der Waals surface area contributed by atoms with Gasteiger partial charge in [0.1, 0.15) is 0 Å². The maximum atomic E-state index is 10.9. The minimum absolute atomic E-state index is 0.383. The first-order valence-corrected chi connectivity index (χ1v) is 4.96. The number of aliphatic hydroxyl groups excluding tert-OH is 1. The van der Waals surface area contributed by atoms with Crippen LogP contribution in [-0.4, -0.2) is 62.2 Å². The molecule has 19 heavy (non-hydrogen) atoms. The average molecular weight is 279 g/mol. The van der Waals surface area contributed by atoms with Gasteiger partial charge in [0, 0.05) is 13.0 Å². The van der Waals surface area contributed by atoms with Gasteiger partial charge in [-0.15, -0.1) is 0 Å². The first-order chi connectivity index (χ1) is 8.46. The summed E-state index contributed by atoms with van der Waals surface area (Å²) in [7, 11) is 0. The average Bonchev–Trinajstić information content (AvgIpc) is 2.26. The number of nitrogens with zero attached hydrogens (tertiary/aromatic N) is 1. The summed E-state index contributed by atoms with van der Waals surface area (Å²) in [5, 5.41) is 37.7. The Morgan fingerprint density at radius 1 is 1.21 bits per heavy atom. The van der Waals surface area contributed by atoms with E-state index in [9.17, 15) is 24.9 Å². The van der Waals surface area contributed by atoms with Crippen molar-refractivity contribution in [2.75, 3.05) is 6.54 Å². The van der Waals surface area contributed by atoms with Crippen molar-refractivity contribution in [2.45, 2.75) is 23.9 Å². The van der Waals surface area contributed by atoms with E-state index in [-0.39, 0.29) is 5.96 Å². The van der Waals surface area contributed by atoms with Gasteiger partial charge < -0.3 is 37.6 Å². The highest BCUT2D eigenvalue weighted by Gasteiger charge is 2.58. The quantitative estimate of drug-likeness (QED) is 0.126. The molecule has 11 heteroatoms. The number of aliphatic carboxylic acids is 1. The van der Waals surface area contributed by atoms with Crippen molar-refractivity contribution in [3.8, 4) is 0 Å². The summed E-state index contributed by atoms with van der Waals surface area (Å²) in [4.78, 5) is 25.1. The van der Waals surface area contributed by atoms with Crippen molar-refractivity contribution in [3.05, 3.63) is 0 Å². The van der Waals surface area contributed by atoms with Gasteiger partial charge in [0.25, 0.3) is 0 Å². The maximum absolute atomic E-state index is 10.9. The summed E-state index contributed by atoms with van der Waals surface area (Å²) in [5.74, 6) is -3.93. The summed E-state index contributed by atoms with van der Waals surface area (Å²) >= 11 is 0. The lowest BCUT2D eigenvalue weighted by Crippen LogP contribution is -2.72. The summed E-state index contributed by atoms with van der Waals surface area (Å²) < 4.78 is 0. The predicted molar refractivity (Wildman–Crippen MR) is 62.2 cm³/mol. The van der Waals surface area contributed by atoms with Crippen LogP contribution in [0.5, 0.6) is 0 Å². The molecule has 3 atom stereocenters. The second kappa shape index (κ2) is 5.79. The van der Waals surface area contributed by atoms with Crippen LogP contribution < -0.4 is 22.9 Å². The number of primary amides is 1. The molecule has 0 aliphatic carbocycles. The largest absolute Gasteiger partial charge is 0.478 e. The number of carboxylic acids is 1. The van der Waals surface area contributed by atoms with Crippen molar-refractivity contribution in [1.82, 2.24) is 0 Å². The van der Waals surface area contributed by atoms with Crippen molar-refractivity contribution >= 4 is 17.8 Å². The fourth-order valence-electron chi connectivity index (χ4n) is 1.31. The molecular weight excluding hydrogens is 262 g/mol. The van der Waals surface area contributed by atoms with Gasteiger partial charge in [-0.3, -0.25) is 15.5 Å². The molecule has 0 heterocycles. The Hall–Kier alpha value is -1.95. The van der Waals surface area contributed by atoms with Gasteiger partial charge in [0.2, 0.25) is 11.6 Å². The molecule has 2 unspecified atom stereocenters. The van der Waals surface area contributed by atoms with Crippen LogP contribution >= 0.6 is 0 Å². The second-order valence-corrected chi connectivity index (χ2v) is 3.86. The predicted octanol–water partition coefficient (Wildman–Crippen LogP) is -5.04. The number of amides is 1. The zero-order chi connectivity index (χ0) is 15.4. The molecule has 0 bridgehead atoms. The molecule has 0 spiro atoms. The zero-order valence-corrected chi connectivity index (χ0v) is 9.85. The van der Waals surface area contributed by atoms with E-state index >= 15 is 0 Å². The Bertz CT molecular complexity index is 393. The molecule has 0 aromatic rings. The monoisotopic (exact) mass is 279 g/mol. The van der Waals surface area contributed by atoms with Crippen molar-refractivity contribution in [2.24, 2.45) is 27.9 Å². The summed E-state index contributed by atoms with van der Waals surface area (Å²) in [6.45, 7) is -0.407. The van der Waals surface area contributed by atoms with Crippen LogP contribution in [0.4, 0.5) is 0 Å². The lowest BCUT2D eigenvalue weighted by Gasteiger charge is -2.39. The van der Waals surface area contributed by atoms with Gasteiger partial charge in [0.15, 0.2) is 17.7 Å². The van der Waals surface area contributed by atoms with E-state index in [2.05, 4.69) is 4.99 Å². The van der Waals surface area contributed by atoms with Crippen LogP contribution in [0, 0.1) is 0 Å². The molecule has 11 nitrogen and oxygen atoms in total. The third kappa shape index (κ3) is 3.51. The molecule has 0 aliphatic heterocycles. The minimum atomic E-state index is -3.33. The van der Waals surface area contributed by atoms with Crippen LogP contribution in [-0.2, 0) is 9.59 Å². The molecule has 0 aromatic carbocycles. The zero-order valence-electron chi connectivity index (χ0n) is 9.85. The molecule has 1 amide bonds. The normalized spacial score (nSPS) is 18.7. The lowest BCUT2D eigenvalue weighted by atomic mass is 9.81. The van der Waals surface area contributed by atoms with Crippen LogP contribution in [0.1, 0.15) is 6.42 Å². The van der Waals surface area contributed by atoms with Crippen LogP contribution in [0.2, 0.25) is 0 Å². The summed E-state index contributed by atoms with van der Waals surface area (Å²) in [6, 6.07) is 0. The lowest BCUT2D eigenvalue weighted by molar-refractivity contribution is -0.216. The van der Waals surface area contributed by atoms with Crippen LogP contribution in [0.15, 0.2) is 4.99 Å². The molecule has 0 fully saturated rings. The highest BCUT2D eigenvalue weighted by molar-refractivity contribution is 5.84. The number of carbonyl (C=O) groups is 2. The van der Waals surface area contributed by atoms with Gasteiger partial charge in [-0.25, -0.2) is 4.79 Å². The molecule has 12 N–H and O–H groups in total. The van der Waals surface area contributed by atoms with Crippen molar-refractivity contribution in [3.63, 3.8) is 0 Å². The number of aliphatic imine (C=N–C) groups is 1. The topological polar surface area (TPSA) is 232 Å². The Morgan fingerprint density at radius 3 is 2.00 bits per heavy atom. The Balaban J connectivity index is 5.42. The van der Waals surface area contributed by atoms with Crippen LogP contribution in [0.25, 0.3) is 0 Å².